The average molecular weight is 309 g/mol. The van der Waals surface area contributed by atoms with Gasteiger partial charge in [-0.05, 0) is 24.8 Å². The summed E-state index contributed by atoms with van der Waals surface area (Å²) < 4.78 is 0. The number of rotatable bonds is 7. The molecule has 0 bridgehead atoms. The van der Waals surface area contributed by atoms with E-state index in [9.17, 15) is 0 Å². The Balaban J connectivity index is -0.000000535. The van der Waals surface area contributed by atoms with Gasteiger partial charge in [0.2, 0.25) is 0 Å². The quantitative estimate of drug-likeness (QED) is 0.445. The van der Waals surface area contributed by atoms with Gasteiger partial charge in [-0.15, -0.1) is 0 Å². The Labute approximate surface area is 142 Å². The van der Waals surface area contributed by atoms with Crippen molar-refractivity contribution < 1.29 is 0 Å². The minimum atomic E-state index is 0.884. The second-order valence-corrected chi connectivity index (χ2v) is 4.96. The van der Waals surface area contributed by atoms with Crippen LogP contribution in [0.15, 0.2) is 24.3 Å². The number of benzene rings is 1. The lowest BCUT2D eigenvalue weighted by atomic mass is 9.91. The van der Waals surface area contributed by atoms with Gasteiger partial charge < -0.3 is 0 Å². The van der Waals surface area contributed by atoms with Crippen molar-refractivity contribution in [1.29, 1.82) is 0 Å². The molecule has 22 heavy (non-hydrogen) atoms. The second-order valence-electron chi connectivity index (χ2n) is 4.96. The van der Waals surface area contributed by atoms with Gasteiger partial charge in [-0.1, -0.05) is 117 Å². The van der Waals surface area contributed by atoms with Crippen LogP contribution in [0.25, 0.3) is 0 Å². The van der Waals surface area contributed by atoms with Crippen LogP contribution in [0.5, 0.6) is 0 Å². The van der Waals surface area contributed by atoms with Crippen LogP contribution in [0.4, 0.5) is 0 Å². The third kappa shape index (κ3) is 15.6. The van der Waals surface area contributed by atoms with Gasteiger partial charge in [0.15, 0.2) is 0 Å². The van der Waals surface area contributed by atoms with E-state index in [-0.39, 0.29) is 0 Å². The highest BCUT2D eigenvalue weighted by Gasteiger charge is 2.06. The molecule has 0 spiro atoms. The molecule has 1 atom stereocenters. The Morgan fingerprint density at radius 2 is 1.27 bits per heavy atom. The van der Waals surface area contributed by atoms with Crippen molar-refractivity contribution in [3.63, 3.8) is 0 Å². The Bertz CT molecular complexity index is 271. The van der Waals surface area contributed by atoms with Crippen LogP contribution in [-0.2, 0) is 6.42 Å². The molecule has 0 amide bonds. The van der Waals surface area contributed by atoms with Gasteiger partial charge in [-0.3, -0.25) is 0 Å². The fraction of sp³-hybridized carbons (Fsp3) is 0.727. The number of aryl methyl sites for hydroxylation is 1. The highest BCUT2D eigenvalue weighted by molar-refractivity contribution is 5.21. The SMILES string of the molecule is CC.CC.CC.CCCCCC(CC)Cc1ccc(C)cc1. The van der Waals surface area contributed by atoms with Crippen LogP contribution in [0.3, 0.4) is 0 Å². The maximum absolute atomic E-state index is 2.32. The highest BCUT2D eigenvalue weighted by Crippen LogP contribution is 2.19. The minimum Gasteiger partial charge on any atom is -0.0683 e. The summed E-state index contributed by atoms with van der Waals surface area (Å²) in [4.78, 5) is 0. The molecular weight excluding hydrogens is 264 g/mol. The first kappa shape index (κ1) is 26.1. The van der Waals surface area contributed by atoms with Gasteiger partial charge in [0.25, 0.3) is 0 Å². The summed E-state index contributed by atoms with van der Waals surface area (Å²) in [5, 5.41) is 0. The zero-order valence-corrected chi connectivity index (χ0v) is 17.1. The van der Waals surface area contributed by atoms with E-state index in [4.69, 9.17) is 0 Å². The predicted octanol–water partition coefficient (Wildman–Crippen LogP) is 8.22. The van der Waals surface area contributed by atoms with Crippen molar-refractivity contribution in [2.24, 2.45) is 5.92 Å². The van der Waals surface area contributed by atoms with Gasteiger partial charge in [0.1, 0.15) is 0 Å². The molecule has 1 aromatic carbocycles. The van der Waals surface area contributed by atoms with E-state index in [0.717, 1.165) is 5.92 Å². The number of hydrogen-bond donors (Lipinski definition) is 0. The number of unbranched alkanes of at least 4 members (excludes halogenated alkanes) is 2. The molecule has 0 heterocycles. The second kappa shape index (κ2) is 22.5. The first-order valence-electron chi connectivity index (χ1n) is 9.81. The van der Waals surface area contributed by atoms with Gasteiger partial charge in [0, 0.05) is 0 Å². The fourth-order valence-corrected chi connectivity index (χ4v) is 2.19. The molecule has 1 aromatic rings. The van der Waals surface area contributed by atoms with Crippen LogP contribution in [0.1, 0.15) is 98.6 Å². The summed E-state index contributed by atoms with van der Waals surface area (Å²) in [5.74, 6) is 0.884. The molecule has 0 aliphatic carbocycles. The summed E-state index contributed by atoms with van der Waals surface area (Å²) in [7, 11) is 0. The molecule has 0 saturated carbocycles. The Morgan fingerprint density at radius 1 is 0.773 bits per heavy atom. The van der Waals surface area contributed by atoms with Crippen molar-refractivity contribution in [3.8, 4) is 0 Å². The third-order valence-electron chi connectivity index (χ3n) is 3.44. The zero-order chi connectivity index (χ0) is 17.8. The molecule has 0 aliphatic heterocycles. The molecule has 132 valence electrons. The molecule has 0 aliphatic rings. The van der Waals surface area contributed by atoms with E-state index in [1.807, 2.05) is 41.5 Å². The summed E-state index contributed by atoms with van der Waals surface area (Å²) in [5.41, 5.74) is 2.87. The number of hydrogen-bond acceptors (Lipinski definition) is 0. The first-order chi connectivity index (χ1) is 10.8. The maximum atomic E-state index is 2.32. The van der Waals surface area contributed by atoms with E-state index >= 15 is 0 Å². The highest BCUT2D eigenvalue weighted by atomic mass is 14.1. The Kier molecular flexibility index (Phi) is 26.7. The van der Waals surface area contributed by atoms with Crippen molar-refractivity contribution in [1.82, 2.24) is 0 Å². The van der Waals surface area contributed by atoms with Crippen molar-refractivity contribution in [3.05, 3.63) is 35.4 Å². The molecule has 0 radical (unpaired) electrons. The monoisotopic (exact) mass is 308 g/mol. The third-order valence-corrected chi connectivity index (χ3v) is 3.44. The molecule has 0 aromatic heterocycles. The van der Waals surface area contributed by atoms with Crippen LogP contribution in [0.2, 0.25) is 0 Å². The van der Waals surface area contributed by atoms with Gasteiger partial charge in [-0.25, -0.2) is 0 Å². The molecule has 0 heteroatoms. The van der Waals surface area contributed by atoms with Crippen LogP contribution in [-0.4, -0.2) is 0 Å². The Morgan fingerprint density at radius 3 is 1.68 bits per heavy atom. The first-order valence-corrected chi connectivity index (χ1v) is 9.81. The molecule has 0 fully saturated rings. The van der Waals surface area contributed by atoms with Crippen LogP contribution < -0.4 is 0 Å². The molecule has 1 rings (SSSR count). The van der Waals surface area contributed by atoms with Gasteiger partial charge >= 0.3 is 0 Å². The van der Waals surface area contributed by atoms with E-state index < -0.39 is 0 Å². The van der Waals surface area contributed by atoms with Crippen molar-refractivity contribution >= 4 is 0 Å². The van der Waals surface area contributed by atoms with Crippen molar-refractivity contribution in [2.45, 2.75) is 101 Å². The molecular formula is C22H44. The average Bonchev–Trinajstić information content (AvgIpc) is 2.61. The lowest BCUT2D eigenvalue weighted by Gasteiger charge is -2.14. The largest absolute Gasteiger partial charge is 0.0683 e. The minimum absolute atomic E-state index is 0.884. The molecule has 0 N–H and O–H groups in total. The van der Waals surface area contributed by atoms with Gasteiger partial charge in [0.05, 0.1) is 0 Å². The van der Waals surface area contributed by atoms with E-state index in [1.165, 1.54) is 49.7 Å². The molecule has 0 saturated heterocycles. The normalized spacial score (nSPS) is 10.0. The zero-order valence-electron chi connectivity index (χ0n) is 17.1. The summed E-state index contributed by atoms with van der Waals surface area (Å²) in [6, 6.07) is 9.04. The van der Waals surface area contributed by atoms with Gasteiger partial charge in [-0.2, -0.15) is 0 Å². The van der Waals surface area contributed by atoms with E-state index in [2.05, 4.69) is 45.0 Å². The fourth-order valence-electron chi connectivity index (χ4n) is 2.19. The lowest BCUT2D eigenvalue weighted by Crippen LogP contribution is -2.03. The standard InChI is InChI=1S/C16H26.3C2H6/c1-4-6-7-8-15(5-2)13-16-11-9-14(3)10-12-16;3*1-2/h9-12,15H,4-8,13H2,1-3H3;3*1-2H3. The Hall–Kier alpha value is -0.780. The smallest absolute Gasteiger partial charge is 0.0250 e. The summed E-state index contributed by atoms with van der Waals surface area (Å²) in [6.07, 6.45) is 8.11. The summed E-state index contributed by atoms with van der Waals surface area (Å²) >= 11 is 0. The maximum Gasteiger partial charge on any atom is -0.0250 e. The van der Waals surface area contributed by atoms with E-state index in [0.29, 0.717) is 0 Å². The van der Waals surface area contributed by atoms with Crippen molar-refractivity contribution in [2.75, 3.05) is 0 Å². The predicted molar refractivity (Wildman–Crippen MR) is 107 cm³/mol. The molecule has 1 unspecified atom stereocenters. The van der Waals surface area contributed by atoms with Crippen LogP contribution in [0, 0.1) is 12.8 Å². The lowest BCUT2D eigenvalue weighted by molar-refractivity contribution is 0.442. The van der Waals surface area contributed by atoms with Crippen LogP contribution >= 0.6 is 0 Å². The molecule has 0 nitrogen and oxygen atoms in total. The van der Waals surface area contributed by atoms with E-state index in [1.54, 1.807) is 0 Å². The topological polar surface area (TPSA) is 0 Å². The summed E-state index contributed by atoms with van der Waals surface area (Å²) in [6.45, 7) is 18.8.